The monoisotopic (exact) mass is 756 g/mol. The van der Waals surface area contributed by atoms with Gasteiger partial charge in [-0.2, -0.15) is 0 Å². The molecular formula is C54H37BN2S. The quantitative estimate of drug-likeness (QED) is 0.165. The smallest absolute Gasteiger partial charge is 0.333 e. The Morgan fingerprint density at radius 1 is 0.448 bits per heavy atom. The van der Waals surface area contributed by atoms with Gasteiger partial charge in [-0.05, 0) is 112 Å². The fourth-order valence-electron chi connectivity index (χ4n) is 9.78. The molecule has 0 saturated carbocycles. The Labute approximate surface area is 343 Å². The first kappa shape index (κ1) is 33.3. The van der Waals surface area contributed by atoms with E-state index in [-0.39, 0.29) is 6.85 Å². The number of aryl methyl sites for hydroxylation is 2. The zero-order valence-electron chi connectivity index (χ0n) is 32.3. The number of anilines is 5. The number of fused-ring (bicyclic) bond motifs is 9. The van der Waals surface area contributed by atoms with Crippen LogP contribution in [0.4, 0.5) is 28.4 Å². The second-order valence-corrected chi connectivity index (χ2v) is 16.9. The zero-order valence-corrected chi connectivity index (χ0v) is 33.1. The van der Waals surface area contributed by atoms with Crippen LogP contribution in [0, 0.1) is 13.8 Å². The lowest BCUT2D eigenvalue weighted by Crippen LogP contribution is -2.61. The van der Waals surface area contributed by atoms with Gasteiger partial charge in [-0.3, -0.25) is 0 Å². The third-order valence-corrected chi connectivity index (χ3v) is 13.5. The van der Waals surface area contributed by atoms with E-state index in [0.717, 1.165) is 0 Å². The molecule has 0 bridgehead atoms. The van der Waals surface area contributed by atoms with Crippen LogP contribution in [0.15, 0.2) is 188 Å². The minimum absolute atomic E-state index is 0.0790. The maximum atomic E-state index is 2.66. The Balaban J connectivity index is 1.18. The van der Waals surface area contributed by atoms with E-state index in [2.05, 4.69) is 212 Å². The predicted molar refractivity (Wildman–Crippen MR) is 251 cm³/mol. The van der Waals surface area contributed by atoms with Gasteiger partial charge in [0.2, 0.25) is 0 Å². The molecule has 12 rings (SSSR count). The number of thiophene rings is 1. The van der Waals surface area contributed by atoms with Gasteiger partial charge in [0.25, 0.3) is 0 Å². The molecule has 0 amide bonds. The van der Waals surface area contributed by atoms with Crippen molar-refractivity contribution in [1.82, 2.24) is 0 Å². The average molecular weight is 757 g/mol. The lowest BCUT2D eigenvalue weighted by Gasteiger charge is -2.46. The van der Waals surface area contributed by atoms with Crippen molar-refractivity contribution in [3.8, 4) is 33.4 Å². The Morgan fingerprint density at radius 2 is 1.12 bits per heavy atom. The summed E-state index contributed by atoms with van der Waals surface area (Å²) in [5, 5.41) is 5.14. The highest BCUT2D eigenvalue weighted by Gasteiger charge is 2.46. The van der Waals surface area contributed by atoms with Crippen molar-refractivity contribution in [2.75, 3.05) is 9.71 Å². The van der Waals surface area contributed by atoms with Crippen LogP contribution in [0.5, 0.6) is 0 Å². The molecule has 0 aliphatic carbocycles. The lowest BCUT2D eigenvalue weighted by atomic mass is 9.43. The van der Waals surface area contributed by atoms with E-state index < -0.39 is 0 Å². The number of hydrogen-bond acceptors (Lipinski definition) is 3. The number of benzene rings is 9. The Morgan fingerprint density at radius 3 is 1.90 bits per heavy atom. The molecule has 9 aromatic carbocycles. The van der Waals surface area contributed by atoms with E-state index in [0.29, 0.717) is 0 Å². The van der Waals surface area contributed by atoms with Crippen LogP contribution in [0.1, 0.15) is 11.1 Å². The molecule has 2 aliphatic heterocycles. The van der Waals surface area contributed by atoms with Crippen LogP contribution >= 0.6 is 11.3 Å². The largest absolute Gasteiger partial charge is 0.376 e. The molecule has 2 aliphatic rings. The summed E-state index contributed by atoms with van der Waals surface area (Å²) in [6.45, 7) is 4.45. The molecule has 0 spiro atoms. The minimum atomic E-state index is -0.0790. The molecule has 0 saturated heterocycles. The standard InChI is InChI=1S/C54H37BN2S/c1-34-29-46-44-27-23-39-17-9-10-18-42(39)54(44)57(41-25-21-38(22-26-41)36-13-5-3-6-14-36)55-47-32-45-43-19-11-12-20-51(43)58-52(45)33-49(47)56(50(30-34)53(46)55)48-28-24-40(31-35(48)2)37-15-7-4-8-16-37/h3-33H,1-2H3. The van der Waals surface area contributed by atoms with Crippen LogP contribution in [-0.4, -0.2) is 6.85 Å². The lowest BCUT2D eigenvalue weighted by molar-refractivity contribution is 1.24. The topological polar surface area (TPSA) is 6.48 Å². The van der Waals surface area contributed by atoms with Crippen molar-refractivity contribution in [2.24, 2.45) is 0 Å². The Hall–Kier alpha value is -6.88. The van der Waals surface area contributed by atoms with E-state index in [1.807, 2.05) is 11.3 Å². The molecule has 3 heterocycles. The molecule has 10 aromatic rings. The molecular weight excluding hydrogens is 719 g/mol. The van der Waals surface area contributed by atoms with Crippen LogP contribution in [0.2, 0.25) is 0 Å². The molecule has 0 radical (unpaired) electrons. The summed E-state index contributed by atoms with van der Waals surface area (Å²) in [5.41, 5.74) is 18.7. The number of rotatable bonds is 4. The Bertz CT molecular complexity index is 3260. The van der Waals surface area contributed by atoms with Crippen LogP contribution in [0.3, 0.4) is 0 Å². The normalized spacial score (nSPS) is 12.9. The van der Waals surface area contributed by atoms with Crippen molar-refractivity contribution in [2.45, 2.75) is 13.8 Å². The van der Waals surface area contributed by atoms with Crippen LogP contribution in [-0.2, 0) is 0 Å². The van der Waals surface area contributed by atoms with E-state index in [1.165, 1.54) is 115 Å². The van der Waals surface area contributed by atoms with Gasteiger partial charge in [0.05, 0.1) is 0 Å². The second kappa shape index (κ2) is 12.8. The second-order valence-electron chi connectivity index (χ2n) is 15.8. The fourth-order valence-corrected chi connectivity index (χ4v) is 10.9. The first-order valence-corrected chi connectivity index (χ1v) is 20.9. The highest BCUT2D eigenvalue weighted by molar-refractivity contribution is 7.26. The molecule has 4 heteroatoms. The van der Waals surface area contributed by atoms with Gasteiger partial charge < -0.3 is 9.71 Å². The van der Waals surface area contributed by atoms with Gasteiger partial charge >= 0.3 is 6.85 Å². The third kappa shape index (κ3) is 4.98. The van der Waals surface area contributed by atoms with Crippen molar-refractivity contribution in [3.05, 3.63) is 199 Å². The Kier molecular flexibility index (Phi) is 7.36. The van der Waals surface area contributed by atoms with Gasteiger partial charge in [0.15, 0.2) is 0 Å². The van der Waals surface area contributed by atoms with Crippen molar-refractivity contribution in [1.29, 1.82) is 0 Å². The summed E-state index contributed by atoms with van der Waals surface area (Å²) in [6, 6.07) is 70.1. The molecule has 0 unspecified atom stereocenters. The van der Waals surface area contributed by atoms with E-state index >= 15 is 0 Å². The minimum Gasteiger partial charge on any atom is -0.376 e. The van der Waals surface area contributed by atoms with Crippen molar-refractivity contribution < 1.29 is 0 Å². The van der Waals surface area contributed by atoms with E-state index in [9.17, 15) is 0 Å². The molecule has 2 nitrogen and oxygen atoms in total. The molecule has 0 fully saturated rings. The summed E-state index contributed by atoms with van der Waals surface area (Å²) in [4.78, 5) is 5.24. The van der Waals surface area contributed by atoms with Crippen molar-refractivity contribution >= 4 is 88.5 Å². The summed E-state index contributed by atoms with van der Waals surface area (Å²) < 4.78 is 2.62. The highest BCUT2D eigenvalue weighted by Crippen LogP contribution is 2.51. The summed E-state index contributed by atoms with van der Waals surface area (Å²) in [7, 11) is 0. The van der Waals surface area contributed by atoms with E-state index in [1.54, 1.807) is 0 Å². The first-order chi connectivity index (χ1) is 28.6. The summed E-state index contributed by atoms with van der Waals surface area (Å²) in [6.07, 6.45) is 0. The summed E-state index contributed by atoms with van der Waals surface area (Å²) >= 11 is 1.89. The third-order valence-electron chi connectivity index (χ3n) is 12.4. The first-order valence-electron chi connectivity index (χ1n) is 20.1. The molecule has 58 heavy (non-hydrogen) atoms. The molecule has 1 aromatic heterocycles. The molecule has 272 valence electrons. The maximum absolute atomic E-state index is 2.66. The van der Waals surface area contributed by atoms with E-state index in [4.69, 9.17) is 0 Å². The van der Waals surface area contributed by atoms with Crippen LogP contribution < -0.4 is 20.6 Å². The SMILES string of the molecule is Cc1cc2c3c(c1)N(c1ccc(-c4ccccc4)cc1C)c1cc4sc5ccccc5c4cc1B3N(c1ccc(-c3ccccc3)cc1)c1c-2ccc2ccccc12. The number of hydrogen-bond donors (Lipinski definition) is 0. The van der Waals surface area contributed by atoms with Gasteiger partial charge in [0, 0.05) is 59.6 Å². The van der Waals surface area contributed by atoms with Gasteiger partial charge in [-0.25, -0.2) is 0 Å². The molecule has 0 atom stereocenters. The molecule has 0 N–H and O–H groups in total. The zero-order chi connectivity index (χ0) is 38.5. The maximum Gasteiger partial charge on any atom is 0.333 e. The fraction of sp³-hybridized carbons (Fsp3) is 0.0370. The van der Waals surface area contributed by atoms with Gasteiger partial charge in [0.1, 0.15) is 0 Å². The predicted octanol–water partition coefficient (Wildman–Crippen LogP) is 13.9. The van der Waals surface area contributed by atoms with Gasteiger partial charge in [-0.1, -0.05) is 146 Å². The van der Waals surface area contributed by atoms with Crippen LogP contribution in [0.25, 0.3) is 64.3 Å². The van der Waals surface area contributed by atoms with Crippen molar-refractivity contribution in [3.63, 3.8) is 0 Å². The average Bonchev–Trinajstić information content (AvgIpc) is 3.64. The highest BCUT2D eigenvalue weighted by atomic mass is 32.1. The summed E-state index contributed by atoms with van der Waals surface area (Å²) in [5.74, 6) is 0. The number of nitrogens with zero attached hydrogens (tertiary/aromatic N) is 2. The van der Waals surface area contributed by atoms with Gasteiger partial charge in [-0.15, -0.1) is 11.3 Å².